The van der Waals surface area contributed by atoms with E-state index >= 15 is 0 Å². The molecule has 3 N–H and O–H groups in total. The van der Waals surface area contributed by atoms with Gasteiger partial charge in [0.05, 0.1) is 18.9 Å². The molecule has 0 aromatic carbocycles. The molecule has 0 unspecified atom stereocenters. The van der Waals surface area contributed by atoms with Crippen molar-refractivity contribution in [2.24, 2.45) is 11.8 Å². The van der Waals surface area contributed by atoms with Crippen LogP contribution in [-0.4, -0.2) is 30.7 Å². The Bertz CT molecular complexity index is 419. The third-order valence-electron chi connectivity index (χ3n) is 3.11. The zero-order valence-electron chi connectivity index (χ0n) is 10.8. The van der Waals surface area contributed by atoms with Gasteiger partial charge in [-0.2, -0.15) is 0 Å². The van der Waals surface area contributed by atoms with E-state index in [1.165, 1.54) is 0 Å². The molecule has 19 heavy (non-hydrogen) atoms. The van der Waals surface area contributed by atoms with Gasteiger partial charge >= 0.3 is 0 Å². The van der Waals surface area contributed by atoms with Gasteiger partial charge in [0.2, 0.25) is 0 Å². The Kier molecular flexibility index (Phi) is 5.26. The Hall–Kier alpha value is -1.50. The van der Waals surface area contributed by atoms with Gasteiger partial charge in [0, 0.05) is 13.2 Å². The van der Waals surface area contributed by atoms with Crippen LogP contribution in [0.4, 0.5) is 0 Å². The van der Waals surface area contributed by atoms with Crippen molar-refractivity contribution in [2.45, 2.75) is 19.4 Å². The molecule has 0 radical (unpaired) electrons. The Morgan fingerprint density at radius 3 is 3.00 bits per heavy atom. The highest BCUT2D eigenvalue weighted by Crippen LogP contribution is 2.15. The predicted octanol–water partition coefficient (Wildman–Crippen LogP) is 0.628. The normalized spacial score (nSPS) is 16.3. The van der Waals surface area contributed by atoms with E-state index in [1.807, 2.05) is 6.07 Å². The highest BCUT2D eigenvalue weighted by molar-refractivity contribution is 5.91. The lowest BCUT2D eigenvalue weighted by molar-refractivity contribution is 0.0150. The van der Waals surface area contributed by atoms with Gasteiger partial charge in [0.15, 0.2) is 0 Å². The SMILES string of the molecule is NNC(=O)c1cccc(COCC2CCOCC2)n1. The van der Waals surface area contributed by atoms with Gasteiger partial charge in [0.25, 0.3) is 5.91 Å². The second-order valence-electron chi connectivity index (χ2n) is 4.56. The first-order valence-electron chi connectivity index (χ1n) is 6.42. The lowest BCUT2D eigenvalue weighted by Gasteiger charge is -2.21. The minimum Gasteiger partial charge on any atom is -0.381 e. The molecule has 0 atom stereocenters. The maximum absolute atomic E-state index is 11.3. The van der Waals surface area contributed by atoms with Crippen molar-refractivity contribution in [3.05, 3.63) is 29.6 Å². The van der Waals surface area contributed by atoms with Crippen molar-refractivity contribution < 1.29 is 14.3 Å². The molecule has 1 saturated heterocycles. The summed E-state index contributed by atoms with van der Waals surface area (Å²) >= 11 is 0. The van der Waals surface area contributed by atoms with Crippen LogP contribution in [-0.2, 0) is 16.1 Å². The van der Waals surface area contributed by atoms with Crippen molar-refractivity contribution in [1.29, 1.82) is 0 Å². The maximum atomic E-state index is 11.3. The average molecular weight is 265 g/mol. The number of amides is 1. The number of nitrogens with zero attached hydrogens (tertiary/aromatic N) is 1. The Balaban J connectivity index is 1.80. The Labute approximate surface area is 112 Å². The van der Waals surface area contributed by atoms with Crippen molar-refractivity contribution >= 4 is 5.91 Å². The standard InChI is InChI=1S/C13H19N3O3/c14-16-13(17)12-3-1-2-11(15-12)9-19-8-10-4-6-18-7-5-10/h1-3,10H,4-9,14H2,(H,16,17). The van der Waals surface area contributed by atoms with E-state index in [0.29, 0.717) is 24.8 Å². The topological polar surface area (TPSA) is 86.5 Å². The number of aromatic nitrogens is 1. The van der Waals surface area contributed by atoms with Crippen LogP contribution in [0.25, 0.3) is 0 Å². The smallest absolute Gasteiger partial charge is 0.283 e. The molecular formula is C13H19N3O3. The van der Waals surface area contributed by atoms with Crippen molar-refractivity contribution in [3.63, 3.8) is 0 Å². The monoisotopic (exact) mass is 265 g/mol. The third-order valence-corrected chi connectivity index (χ3v) is 3.11. The quantitative estimate of drug-likeness (QED) is 0.463. The summed E-state index contributed by atoms with van der Waals surface area (Å²) in [6.07, 6.45) is 2.09. The molecule has 0 bridgehead atoms. The summed E-state index contributed by atoms with van der Waals surface area (Å²) in [5.41, 5.74) is 3.09. The molecule has 0 aliphatic carbocycles. The number of nitrogen functional groups attached to an aromatic ring is 1. The molecule has 0 spiro atoms. The summed E-state index contributed by atoms with van der Waals surface area (Å²) in [7, 11) is 0. The van der Waals surface area contributed by atoms with Crippen LogP contribution in [0.5, 0.6) is 0 Å². The van der Waals surface area contributed by atoms with E-state index in [1.54, 1.807) is 12.1 Å². The largest absolute Gasteiger partial charge is 0.381 e. The van der Waals surface area contributed by atoms with Crippen LogP contribution in [0.3, 0.4) is 0 Å². The van der Waals surface area contributed by atoms with Crippen molar-refractivity contribution in [3.8, 4) is 0 Å². The summed E-state index contributed by atoms with van der Waals surface area (Å²) in [6, 6.07) is 5.21. The van der Waals surface area contributed by atoms with Gasteiger partial charge in [-0.1, -0.05) is 6.07 Å². The van der Waals surface area contributed by atoms with E-state index in [0.717, 1.165) is 31.7 Å². The van der Waals surface area contributed by atoms with Crippen molar-refractivity contribution in [2.75, 3.05) is 19.8 Å². The number of pyridine rings is 1. The first kappa shape index (κ1) is 13.9. The van der Waals surface area contributed by atoms with E-state index in [2.05, 4.69) is 10.4 Å². The predicted molar refractivity (Wildman–Crippen MR) is 69.1 cm³/mol. The number of nitrogens with two attached hydrogens (primary N) is 1. The highest BCUT2D eigenvalue weighted by atomic mass is 16.5. The van der Waals surface area contributed by atoms with E-state index in [-0.39, 0.29) is 0 Å². The molecule has 6 nitrogen and oxygen atoms in total. The lowest BCUT2D eigenvalue weighted by atomic mass is 10.0. The fourth-order valence-corrected chi connectivity index (χ4v) is 2.00. The molecule has 2 rings (SSSR count). The van der Waals surface area contributed by atoms with Crippen LogP contribution >= 0.6 is 0 Å². The fourth-order valence-electron chi connectivity index (χ4n) is 2.00. The van der Waals surface area contributed by atoms with Crippen molar-refractivity contribution in [1.82, 2.24) is 10.4 Å². The summed E-state index contributed by atoms with van der Waals surface area (Å²) in [4.78, 5) is 15.5. The molecule has 0 saturated carbocycles. The minimum atomic E-state index is -0.397. The number of carbonyl (C=O) groups excluding carboxylic acids is 1. The van der Waals surface area contributed by atoms with Crippen LogP contribution < -0.4 is 11.3 Å². The zero-order valence-corrected chi connectivity index (χ0v) is 10.8. The summed E-state index contributed by atoms with van der Waals surface area (Å²) in [5.74, 6) is 5.23. The van der Waals surface area contributed by atoms with E-state index in [9.17, 15) is 4.79 Å². The molecule has 1 fully saturated rings. The second-order valence-corrected chi connectivity index (χ2v) is 4.56. The molecule has 6 heteroatoms. The highest BCUT2D eigenvalue weighted by Gasteiger charge is 2.14. The molecule has 104 valence electrons. The van der Waals surface area contributed by atoms with E-state index < -0.39 is 5.91 Å². The summed E-state index contributed by atoms with van der Waals surface area (Å²) < 4.78 is 10.9. The van der Waals surface area contributed by atoms with Gasteiger partial charge in [-0.15, -0.1) is 0 Å². The van der Waals surface area contributed by atoms with Crippen LogP contribution in [0, 0.1) is 5.92 Å². The first-order valence-corrected chi connectivity index (χ1v) is 6.42. The number of hydrogen-bond donors (Lipinski definition) is 2. The van der Waals surface area contributed by atoms with Crippen LogP contribution in [0.1, 0.15) is 29.0 Å². The Morgan fingerprint density at radius 1 is 1.47 bits per heavy atom. The molecule has 2 heterocycles. The molecule has 1 aliphatic heterocycles. The first-order chi connectivity index (χ1) is 9.29. The summed E-state index contributed by atoms with van der Waals surface area (Å²) in [6.45, 7) is 2.75. The minimum absolute atomic E-state index is 0.301. The van der Waals surface area contributed by atoms with Gasteiger partial charge in [-0.05, 0) is 30.9 Å². The number of nitrogens with one attached hydrogen (secondary N) is 1. The lowest BCUT2D eigenvalue weighted by Crippen LogP contribution is -2.30. The van der Waals surface area contributed by atoms with Gasteiger partial charge in [-0.3, -0.25) is 10.2 Å². The zero-order chi connectivity index (χ0) is 13.5. The molecule has 1 aromatic heterocycles. The molecule has 1 aliphatic rings. The maximum Gasteiger partial charge on any atom is 0.283 e. The molecular weight excluding hydrogens is 246 g/mol. The van der Waals surface area contributed by atoms with Gasteiger partial charge in [0.1, 0.15) is 5.69 Å². The van der Waals surface area contributed by atoms with Gasteiger partial charge < -0.3 is 9.47 Å². The van der Waals surface area contributed by atoms with Crippen LogP contribution in [0.15, 0.2) is 18.2 Å². The molecule has 1 amide bonds. The Morgan fingerprint density at radius 2 is 2.26 bits per heavy atom. The van der Waals surface area contributed by atoms with E-state index in [4.69, 9.17) is 15.3 Å². The number of hydrogen-bond acceptors (Lipinski definition) is 5. The van der Waals surface area contributed by atoms with Crippen LogP contribution in [0.2, 0.25) is 0 Å². The third kappa shape index (κ3) is 4.27. The summed E-state index contributed by atoms with van der Waals surface area (Å²) in [5, 5.41) is 0. The number of hydrazine groups is 1. The number of carbonyl (C=O) groups is 1. The number of ether oxygens (including phenoxy) is 2. The van der Waals surface area contributed by atoms with Gasteiger partial charge in [-0.25, -0.2) is 10.8 Å². The number of rotatable bonds is 5. The molecule has 1 aromatic rings. The fraction of sp³-hybridized carbons (Fsp3) is 0.538. The average Bonchev–Trinajstić information content (AvgIpc) is 2.48. The second kappa shape index (κ2) is 7.18.